The molecule has 0 aliphatic heterocycles. The van der Waals surface area contributed by atoms with Gasteiger partial charge in [-0.05, 0) is 12.8 Å². The molecule has 0 aromatic heterocycles. The number of carbonyl (C=O) groups excluding carboxylic acids is 1. The fraction of sp³-hybridized carbons (Fsp3) is 0.917. The summed E-state index contributed by atoms with van der Waals surface area (Å²) in [6, 6.07) is 0. The van der Waals surface area contributed by atoms with E-state index in [0.29, 0.717) is 4.83 Å². The summed E-state index contributed by atoms with van der Waals surface area (Å²) in [5.41, 5.74) is 0. The van der Waals surface area contributed by atoms with Crippen molar-refractivity contribution in [2.75, 3.05) is 6.54 Å². The Morgan fingerprint density at radius 3 is 2.33 bits per heavy atom. The third-order valence-electron chi connectivity index (χ3n) is 3.03. The molecule has 1 rings (SSSR count). The largest absolute Gasteiger partial charge is 0.355 e. The van der Waals surface area contributed by atoms with E-state index in [-0.39, 0.29) is 11.8 Å². The van der Waals surface area contributed by atoms with Gasteiger partial charge >= 0.3 is 0 Å². The minimum atomic E-state index is 0.267. The standard InChI is InChI=1S/C12H22BrNO/c1-10(13)9-14-12(15)11-7-5-3-2-4-6-8-11/h10-11H,2-9H2,1H3,(H,14,15). The molecule has 0 heterocycles. The number of alkyl halides is 1. The van der Waals surface area contributed by atoms with Crippen LogP contribution < -0.4 is 5.32 Å². The van der Waals surface area contributed by atoms with Crippen LogP contribution in [0.5, 0.6) is 0 Å². The molecule has 1 saturated carbocycles. The van der Waals surface area contributed by atoms with Crippen molar-refractivity contribution in [3.63, 3.8) is 0 Å². The van der Waals surface area contributed by atoms with Gasteiger partial charge in [-0.2, -0.15) is 0 Å². The molecule has 1 fully saturated rings. The van der Waals surface area contributed by atoms with Crippen LogP contribution in [0.25, 0.3) is 0 Å². The fourth-order valence-corrected chi connectivity index (χ4v) is 2.27. The maximum absolute atomic E-state index is 11.8. The van der Waals surface area contributed by atoms with Crippen molar-refractivity contribution in [1.29, 1.82) is 0 Å². The molecule has 0 saturated heterocycles. The van der Waals surface area contributed by atoms with Crippen molar-refractivity contribution >= 4 is 21.8 Å². The molecule has 15 heavy (non-hydrogen) atoms. The van der Waals surface area contributed by atoms with E-state index in [4.69, 9.17) is 0 Å². The smallest absolute Gasteiger partial charge is 0.223 e. The van der Waals surface area contributed by atoms with Gasteiger partial charge in [0.1, 0.15) is 0 Å². The number of amides is 1. The first-order chi connectivity index (χ1) is 7.20. The first-order valence-electron chi connectivity index (χ1n) is 6.12. The highest BCUT2D eigenvalue weighted by atomic mass is 79.9. The van der Waals surface area contributed by atoms with E-state index < -0.39 is 0 Å². The molecule has 0 spiro atoms. The molecule has 1 aliphatic carbocycles. The third-order valence-corrected chi connectivity index (χ3v) is 3.36. The molecular formula is C12H22BrNO. The third kappa shape index (κ3) is 5.55. The summed E-state index contributed by atoms with van der Waals surface area (Å²) in [5.74, 6) is 0.541. The highest BCUT2D eigenvalue weighted by Gasteiger charge is 2.18. The number of halogens is 1. The molecule has 88 valence electrons. The Morgan fingerprint density at radius 2 is 1.80 bits per heavy atom. The lowest BCUT2D eigenvalue weighted by Crippen LogP contribution is -2.34. The van der Waals surface area contributed by atoms with Crippen molar-refractivity contribution < 1.29 is 4.79 Å². The van der Waals surface area contributed by atoms with Gasteiger partial charge in [0.2, 0.25) is 5.91 Å². The Labute approximate surface area is 101 Å². The number of nitrogens with one attached hydrogen (secondary N) is 1. The van der Waals surface area contributed by atoms with Gasteiger partial charge in [-0.15, -0.1) is 0 Å². The summed E-state index contributed by atoms with van der Waals surface area (Å²) >= 11 is 3.44. The van der Waals surface area contributed by atoms with Crippen LogP contribution in [0.3, 0.4) is 0 Å². The van der Waals surface area contributed by atoms with E-state index in [9.17, 15) is 4.79 Å². The highest BCUT2D eigenvalue weighted by molar-refractivity contribution is 9.09. The van der Waals surface area contributed by atoms with Gasteiger partial charge in [-0.3, -0.25) is 4.79 Å². The predicted octanol–water partition coefficient (Wildman–Crippen LogP) is 3.25. The second kappa shape index (κ2) is 7.26. The molecular weight excluding hydrogens is 254 g/mol. The molecule has 0 radical (unpaired) electrons. The van der Waals surface area contributed by atoms with E-state index in [1.54, 1.807) is 0 Å². The Bertz CT molecular complexity index is 186. The lowest BCUT2D eigenvalue weighted by Gasteiger charge is -2.19. The van der Waals surface area contributed by atoms with E-state index in [1.165, 1.54) is 32.1 Å². The zero-order chi connectivity index (χ0) is 11.1. The molecule has 1 atom stereocenters. The Hall–Kier alpha value is -0.0500. The van der Waals surface area contributed by atoms with Crippen LogP contribution in [0.4, 0.5) is 0 Å². The maximum Gasteiger partial charge on any atom is 0.223 e. The lowest BCUT2D eigenvalue weighted by molar-refractivity contribution is -0.125. The Balaban J connectivity index is 2.28. The van der Waals surface area contributed by atoms with Crippen molar-refractivity contribution in [1.82, 2.24) is 5.32 Å². The molecule has 1 amide bonds. The van der Waals surface area contributed by atoms with Gasteiger partial charge in [0.25, 0.3) is 0 Å². The summed E-state index contributed by atoms with van der Waals surface area (Å²) in [7, 11) is 0. The van der Waals surface area contributed by atoms with Crippen molar-refractivity contribution in [3.8, 4) is 0 Å². The average molecular weight is 276 g/mol. The minimum absolute atomic E-state index is 0.267. The second-order valence-corrected chi connectivity index (χ2v) is 6.13. The zero-order valence-corrected chi connectivity index (χ0v) is 11.2. The molecule has 3 heteroatoms. The lowest BCUT2D eigenvalue weighted by atomic mass is 9.90. The predicted molar refractivity (Wildman–Crippen MR) is 67.2 cm³/mol. The van der Waals surface area contributed by atoms with Crippen molar-refractivity contribution in [2.24, 2.45) is 5.92 Å². The molecule has 0 aromatic rings. The monoisotopic (exact) mass is 275 g/mol. The Kier molecular flexibility index (Phi) is 6.30. The zero-order valence-electron chi connectivity index (χ0n) is 9.60. The van der Waals surface area contributed by atoms with Gasteiger partial charge in [0, 0.05) is 17.3 Å². The second-order valence-electron chi connectivity index (χ2n) is 4.57. The van der Waals surface area contributed by atoms with Crippen LogP contribution in [-0.4, -0.2) is 17.3 Å². The number of carbonyl (C=O) groups is 1. The molecule has 2 nitrogen and oxygen atoms in total. The van der Waals surface area contributed by atoms with Crippen LogP contribution in [0.1, 0.15) is 51.9 Å². The van der Waals surface area contributed by atoms with Crippen LogP contribution in [0.15, 0.2) is 0 Å². The summed E-state index contributed by atoms with van der Waals surface area (Å²) in [5, 5.41) is 3.01. The quantitative estimate of drug-likeness (QED) is 0.788. The summed E-state index contributed by atoms with van der Waals surface area (Å²) < 4.78 is 0. The van der Waals surface area contributed by atoms with Gasteiger partial charge in [-0.1, -0.05) is 55.0 Å². The molecule has 1 unspecified atom stereocenters. The number of hydrogen-bond donors (Lipinski definition) is 1. The Morgan fingerprint density at radius 1 is 1.27 bits per heavy atom. The van der Waals surface area contributed by atoms with Crippen LogP contribution in [0.2, 0.25) is 0 Å². The normalized spacial score (nSPS) is 21.5. The van der Waals surface area contributed by atoms with Crippen LogP contribution in [-0.2, 0) is 4.79 Å². The van der Waals surface area contributed by atoms with Gasteiger partial charge in [-0.25, -0.2) is 0 Å². The topological polar surface area (TPSA) is 29.1 Å². The summed E-state index contributed by atoms with van der Waals surface area (Å²) in [6.07, 6.45) is 8.58. The molecule has 1 N–H and O–H groups in total. The van der Waals surface area contributed by atoms with Gasteiger partial charge in [0.15, 0.2) is 0 Å². The van der Waals surface area contributed by atoms with E-state index >= 15 is 0 Å². The minimum Gasteiger partial charge on any atom is -0.355 e. The highest BCUT2D eigenvalue weighted by Crippen LogP contribution is 2.22. The van der Waals surface area contributed by atoms with Crippen molar-refractivity contribution in [2.45, 2.75) is 56.7 Å². The van der Waals surface area contributed by atoms with E-state index in [0.717, 1.165) is 19.4 Å². The SMILES string of the molecule is CC(Br)CNC(=O)C1CCCCCCC1. The summed E-state index contributed by atoms with van der Waals surface area (Å²) in [4.78, 5) is 12.2. The number of rotatable bonds is 3. The maximum atomic E-state index is 11.8. The number of hydrogen-bond acceptors (Lipinski definition) is 1. The molecule has 0 aromatic carbocycles. The fourth-order valence-electron chi connectivity index (χ4n) is 2.10. The van der Waals surface area contributed by atoms with E-state index in [2.05, 4.69) is 28.2 Å². The van der Waals surface area contributed by atoms with Crippen LogP contribution >= 0.6 is 15.9 Å². The van der Waals surface area contributed by atoms with Crippen LogP contribution in [0, 0.1) is 5.92 Å². The first-order valence-corrected chi connectivity index (χ1v) is 7.03. The molecule has 1 aliphatic rings. The van der Waals surface area contributed by atoms with Crippen molar-refractivity contribution in [3.05, 3.63) is 0 Å². The van der Waals surface area contributed by atoms with Gasteiger partial charge in [0.05, 0.1) is 0 Å². The van der Waals surface area contributed by atoms with E-state index in [1.807, 2.05) is 0 Å². The average Bonchev–Trinajstić information content (AvgIpc) is 2.13. The first kappa shape index (κ1) is 13.0. The van der Waals surface area contributed by atoms with Gasteiger partial charge < -0.3 is 5.32 Å². The summed E-state index contributed by atoms with van der Waals surface area (Å²) in [6.45, 7) is 2.80. The molecule has 0 bridgehead atoms.